The summed E-state index contributed by atoms with van der Waals surface area (Å²) in [7, 11) is -5.32. The normalized spacial score (nSPS) is 13.9. The Labute approximate surface area is 240 Å². The number of carbonyl (C=O) groups excluding carboxylic acids is 1. The van der Waals surface area contributed by atoms with E-state index in [0.29, 0.717) is 6.42 Å². The van der Waals surface area contributed by atoms with Crippen LogP contribution in [-0.2, 0) is 33.9 Å². The fourth-order valence-electron chi connectivity index (χ4n) is 3.14. The zero-order chi connectivity index (χ0) is 23.0. The van der Waals surface area contributed by atoms with Gasteiger partial charge in [-0.3, -0.25) is 4.55 Å². The third-order valence-electron chi connectivity index (χ3n) is 4.66. The van der Waals surface area contributed by atoms with Crippen LogP contribution in [0.4, 0.5) is 0 Å². The predicted molar refractivity (Wildman–Crippen MR) is 114 cm³/mol. The molecule has 0 saturated carbocycles. The van der Waals surface area contributed by atoms with Crippen LogP contribution in [0.5, 0.6) is 0 Å². The van der Waals surface area contributed by atoms with Gasteiger partial charge in [0.05, 0.1) is 6.61 Å². The third-order valence-corrected chi connectivity index (χ3v) is 5.93. The fraction of sp³-hybridized carbons (Fsp3) is 0.900. The van der Waals surface area contributed by atoms with Gasteiger partial charge in [0.15, 0.2) is 0 Å². The van der Waals surface area contributed by atoms with E-state index in [9.17, 15) is 27.7 Å². The third kappa shape index (κ3) is 13.0. The van der Waals surface area contributed by atoms with Crippen molar-refractivity contribution < 1.29 is 104 Å². The Bertz CT molecular complexity index is 613. The monoisotopic (exact) mass is 502 g/mol. The molecule has 0 aliphatic rings. The largest absolute Gasteiger partial charge is 1.00 e. The first-order valence-corrected chi connectivity index (χ1v) is 12.3. The van der Waals surface area contributed by atoms with Crippen molar-refractivity contribution in [3.8, 4) is 0 Å². The van der Waals surface area contributed by atoms with E-state index < -0.39 is 33.1 Å². The molecule has 12 heteroatoms. The SMILES string of the molecule is CCCCCCCCCCCCOC(=O)C(OCC)(C(OCC)C(=O)O)S(=O)(=O)O.[H-].[H-].[Na+].[Na+]. The molecular formula is C20H40Na2O9S. The Morgan fingerprint density at radius 2 is 1.34 bits per heavy atom. The van der Waals surface area contributed by atoms with Crippen molar-refractivity contribution in [1.29, 1.82) is 0 Å². The van der Waals surface area contributed by atoms with Crippen molar-refractivity contribution in [2.45, 2.75) is 96.0 Å². The van der Waals surface area contributed by atoms with Gasteiger partial charge in [0.2, 0.25) is 6.10 Å². The quantitative estimate of drug-likeness (QED) is 0.0872. The molecule has 0 aromatic carbocycles. The maximum absolute atomic E-state index is 12.6. The van der Waals surface area contributed by atoms with Gasteiger partial charge in [0.25, 0.3) is 0 Å². The molecule has 0 amide bonds. The molecule has 0 aliphatic heterocycles. The smallest absolute Gasteiger partial charge is 1.00 e. The average molecular weight is 503 g/mol. The van der Waals surface area contributed by atoms with E-state index in [1.807, 2.05) is 0 Å². The summed E-state index contributed by atoms with van der Waals surface area (Å²) in [4.78, 5) is 20.9. The van der Waals surface area contributed by atoms with Gasteiger partial charge in [-0.15, -0.1) is 0 Å². The van der Waals surface area contributed by atoms with E-state index in [4.69, 9.17) is 14.2 Å². The van der Waals surface area contributed by atoms with E-state index in [0.717, 1.165) is 25.7 Å². The molecule has 0 bridgehead atoms. The maximum Gasteiger partial charge on any atom is 1.00 e. The number of carboxylic acid groups (broad SMARTS) is 1. The minimum Gasteiger partial charge on any atom is -1.00 e. The van der Waals surface area contributed by atoms with Gasteiger partial charge >= 0.3 is 86.1 Å². The van der Waals surface area contributed by atoms with Crippen LogP contribution in [0.15, 0.2) is 0 Å². The van der Waals surface area contributed by atoms with Crippen molar-refractivity contribution in [2.75, 3.05) is 19.8 Å². The van der Waals surface area contributed by atoms with Crippen LogP contribution in [0.1, 0.15) is 87.8 Å². The summed E-state index contributed by atoms with van der Waals surface area (Å²) in [5.41, 5.74) is 0. The molecule has 2 unspecified atom stereocenters. The number of aliphatic carboxylic acids is 1. The average Bonchev–Trinajstić information content (AvgIpc) is 2.67. The van der Waals surface area contributed by atoms with Crippen LogP contribution >= 0.6 is 0 Å². The Balaban J connectivity index is -0.000000701. The summed E-state index contributed by atoms with van der Waals surface area (Å²) in [6.07, 6.45) is 8.37. The van der Waals surface area contributed by atoms with E-state index in [1.165, 1.54) is 46.0 Å². The minimum absolute atomic E-state index is 0. The van der Waals surface area contributed by atoms with E-state index >= 15 is 0 Å². The molecule has 0 fully saturated rings. The maximum atomic E-state index is 12.6. The van der Waals surface area contributed by atoms with Crippen molar-refractivity contribution in [2.24, 2.45) is 0 Å². The summed E-state index contributed by atoms with van der Waals surface area (Å²) < 4.78 is 48.5. The number of rotatable bonds is 19. The molecule has 182 valence electrons. The van der Waals surface area contributed by atoms with Crippen molar-refractivity contribution in [3.63, 3.8) is 0 Å². The van der Waals surface area contributed by atoms with Crippen molar-refractivity contribution in [3.05, 3.63) is 0 Å². The van der Waals surface area contributed by atoms with Crippen LogP contribution < -0.4 is 59.1 Å². The Morgan fingerprint density at radius 3 is 1.72 bits per heavy atom. The zero-order valence-corrected chi connectivity index (χ0v) is 25.2. The molecule has 32 heavy (non-hydrogen) atoms. The molecule has 0 aromatic rings. The number of hydrogen-bond donors (Lipinski definition) is 2. The van der Waals surface area contributed by atoms with Crippen molar-refractivity contribution >= 4 is 22.1 Å². The Hall–Kier alpha value is 0.770. The van der Waals surface area contributed by atoms with Gasteiger partial charge < -0.3 is 22.2 Å². The van der Waals surface area contributed by atoms with Crippen LogP contribution in [0.25, 0.3) is 0 Å². The molecular weight excluding hydrogens is 462 g/mol. The molecule has 2 atom stereocenters. The molecule has 0 saturated heterocycles. The summed E-state index contributed by atoms with van der Waals surface area (Å²) in [6, 6.07) is 0. The summed E-state index contributed by atoms with van der Waals surface area (Å²) in [5, 5.41) is 9.35. The molecule has 0 aromatic heterocycles. The van der Waals surface area contributed by atoms with Gasteiger partial charge in [0, 0.05) is 13.2 Å². The predicted octanol–water partition coefficient (Wildman–Crippen LogP) is -2.21. The first-order valence-electron chi connectivity index (χ1n) is 10.8. The first-order chi connectivity index (χ1) is 14.2. The zero-order valence-electron chi connectivity index (χ0n) is 22.4. The second-order valence-corrected chi connectivity index (χ2v) is 8.62. The Morgan fingerprint density at radius 1 is 0.875 bits per heavy atom. The molecule has 0 aliphatic carbocycles. The van der Waals surface area contributed by atoms with Crippen LogP contribution in [-0.4, -0.2) is 60.9 Å². The summed E-state index contributed by atoms with van der Waals surface area (Å²) in [6.45, 7) is 4.28. The second-order valence-electron chi connectivity index (χ2n) is 7.07. The van der Waals surface area contributed by atoms with Crippen LogP contribution in [0.2, 0.25) is 0 Å². The van der Waals surface area contributed by atoms with E-state index in [2.05, 4.69) is 6.92 Å². The van der Waals surface area contributed by atoms with Gasteiger partial charge in [-0.1, -0.05) is 64.7 Å². The minimum atomic E-state index is -5.32. The molecule has 0 radical (unpaired) electrons. The second kappa shape index (κ2) is 21.1. The van der Waals surface area contributed by atoms with Gasteiger partial charge in [0.1, 0.15) is 0 Å². The van der Waals surface area contributed by atoms with Crippen molar-refractivity contribution in [1.82, 2.24) is 0 Å². The van der Waals surface area contributed by atoms with E-state index in [1.54, 1.807) is 0 Å². The summed E-state index contributed by atoms with van der Waals surface area (Å²) >= 11 is 0. The number of carbonyl (C=O) groups is 2. The number of esters is 1. The molecule has 9 nitrogen and oxygen atoms in total. The fourth-order valence-corrected chi connectivity index (χ4v) is 4.11. The number of unbranched alkanes of at least 4 members (excludes halogenated alkanes) is 9. The molecule has 0 spiro atoms. The molecule has 0 heterocycles. The van der Waals surface area contributed by atoms with E-state index in [-0.39, 0.29) is 81.8 Å². The first kappa shape index (κ1) is 37.3. The van der Waals surface area contributed by atoms with Gasteiger partial charge in [-0.2, -0.15) is 8.42 Å². The number of ether oxygens (including phenoxy) is 3. The van der Waals surface area contributed by atoms with Gasteiger partial charge in [-0.05, 0) is 20.3 Å². The number of carboxylic acids is 1. The van der Waals surface area contributed by atoms with Crippen LogP contribution in [0, 0.1) is 0 Å². The van der Waals surface area contributed by atoms with Crippen LogP contribution in [0.3, 0.4) is 0 Å². The van der Waals surface area contributed by atoms with Gasteiger partial charge in [-0.25, -0.2) is 9.59 Å². The number of hydrogen-bond acceptors (Lipinski definition) is 7. The molecule has 2 N–H and O–H groups in total. The Kier molecular flexibility index (Phi) is 24.6. The summed E-state index contributed by atoms with van der Waals surface area (Å²) in [5.74, 6) is -3.26. The molecule has 0 rings (SSSR count). The topological polar surface area (TPSA) is 136 Å². The standard InChI is InChI=1S/C20H38O9S.2Na.2H/c1-4-7-8-9-10-11-12-13-14-15-16-28-19(23)20(29-6-3,30(24,25)26)17(18(21)22)27-5-2;;;;/h17H,4-16H2,1-3H3,(H,21,22)(H,24,25,26);;;;/q;2*+1;2*-1.